The van der Waals surface area contributed by atoms with Gasteiger partial charge in [0.2, 0.25) is 5.91 Å². The highest BCUT2D eigenvalue weighted by molar-refractivity contribution is 7.99. The minimum Gasteiger partial charge on any atom is -0.370 e. The first-order valence-corrected chi connectivity index (χ1v) is 13.5. The maximum Gasteiger partial charge on any atom is 0.231 e. The van der Waals surface area contributed by atoms with E-state index in [-0.39, 0.29) is 23.3 Å². The van der Waals surface area contributed by atoms with Crippen LogP contribution in [0.25, 0.3) is 11.4 Å². The number of nitrogens with one attached hydrogen (secondary N) is 1. The van der Waals surface area contributed by atoms with Gasteiger partial charge in [0.15, 0.2) is 5.82 Å². The van der Waals surface area contributed by atoms with Crippen molar-refractivity contribution in [3.8, 4) is 11.4 Å². The van der Waals surface area contributed by atoms with E-state index in [1.807, 2.05) is 72.8 Å². The van der Waals surface area contributed by atoms with Gasteiger partial charge in [-0.2, -0.15) is 0 Å². The molecular weight excluding hydrogens is 478 g/mol. The first-order valence-electron chi connectivity index (χ1n) is 12.5. The summed E-state index contributed by atoms with van der Waals surface area (Å²) in [5.41, 5.74) is 5.94. The molecule has 1 aliphatic rings. The maximum atomic E-state index is 13.2. The molecular formula is C31H31N3O2S. The first kappa shape index (κ1) is 25.2. The van der Waals surface area contributed by atoms with Gasteiger partial charge in [-0.3, -0.25) is 4.79 Å². The van der Waals surface area contributed by atoms with Crippen LogP contribution in [0.15, 0.2) is 90.0 Å². The lowest BCUT2D eigenvalue weighted by atomic mass is 9.96. The normalized spacial score (nSPS) is 14.3. The largest absolute Gasteiger partial charge is 0.370 e. The zero-order chi connectivity index (χ0) is 25.8. The van der Waals surface area contributed by atoms with E-state index in [1.165, 1.54) is 17.3 Å². The second-order valence-electron chi connectivity index (χ2n) is 9.98. The summed E-state index contributed by atoms with van der Waals surface area (Å²) in [6.45, 7) is 6.67. The molecule has 5 rings (SSSR count). The number of carbonyl (C=O) groups is 1. The lowest BCUT2D eigenvalue weighted by molar-refractivity contribution is -0.119. The molecule has 6 heteroatoms. The second-order valence-corrected chi connectivity index (χ2v) is 10.9. The number of rotatable bonds is 7. The molecule has 0 radical (unpaired) electrons. The van der Waals surface area contributed by atoms with Gasteiger partial charge < -0.3 is 10.1 Å². The fourth-order valence-electron chi connectivity index (χ4n) is 4.46. The molecule has 1 amide bonds. The van der Waals surface area contributed by atoms with E-state index in [1.54, 1.807) is 0 Å². The van der Waals surface area contributed by atoms with Crippen LogP contribution in [0.1, 0.15) is 47.8 Å². The number of benzene rings is 3. The Morgan fingerprint density at radius 3 is 2.19 bits per heavy atom. The van der Waals surface area contributed by atoms with Crippen LogP contribution in [0.4, 0.5) is 0 Å². The van der Waals surface area contributed by atoms with Gasteiger partial charge in [0.1, 0.15) is 5.03 Å². The molecule has 0 aliphatic carbocycles. The summed E-state index contributed by atoms with van der Waals surface area (Å²) in [4.78, 5) is 23.0. The molecule has 2 heterocycles. The van der Waals surface area contributed by atoms with Crippen LogP contribution in [0.2, 0.25) is 0 Å². The lowest BCUT2D eigenvalue weighted by Gasteiger charge is -2.32. The van der Waals surface area contributed by atoms with Gasteiger partial charge in [0, 0.05) is 17.5 Å². The first-order chi connectivity index (χ1) is 17.9. The summed E-state index contributed by atoms with van der Waals surface area (Å²) in [5.74, 6) is 0.880. The Morgan fingerprint density at radius 1 is 0.946 bits per heavy atom. The molecule has 1 aliphatic heterocycles. The second kappa shape index (κ2) is 10.9. The number of carbonyl (C=O) groups excluding carboxylic acids is 1. The number of aromatic nitrogens is 2. The number of amides is 1. The van der Waals surface area contributed by atoms with E-state index in [9.17, 15) is 4.79 Å². The quantitative estimate of drug-likeness (QED) is 0.234. The SMILES string of the molecule is Cc1ccc(-c2nc3c(c(SCC(=O)NC(c4ccccc4)c4ccccc4)n2)COC(C)(C)C3)cc1. The monoisotopic (exact) mass is 509 g/mol. The van der Waals surface area contributed by atoms with Crippen molar-refractivity contribution < 1.29 is 9.53 Å². The molecule has 1 aromatic heterocycles. The fraction of sp³-hybridized carbons (Fsp3) is 0.258. The molecule has 188 valence electrons. The van der Waals surface area contributed by atoms with Crippen LogP contribution in [0.3, 0.4) is 0 Å². The zero-order valence-corrected chi connectivity index (χ0v) is 22.2. The molecule has 37 heavy (non-hydrogen) atoms. The molecule has 4 aromatic rings. The van der Waals surface area contributed by atoms with Crippen molar-refractivity contribution in [2.45, 2.75) is 50.5 Å². The highest BCUT2D eigenvalue weighted by Gasteiger charge is 2.30. The standard InChI is InChI=1S/C31H31N3O2S/c1-21-14-16-24(17-15-21)29-32-26-18-31(2,3)36-19-25(26)30(34-29)37-20-27(35)33-28(22-10-6-4-7-11-22)23-12-8-5-9-13-23/h4-17,28H,18-20H2,1-3H3,(H,33,35). The third-order valence-electron chi connectivity index (χ3n) is 6.48. The molecule has 5 nitrogen and oxygen atoms in total. The van der Waals surface area contributed by atoms with Gasteiger partial charge in [-0.15, -0.1) is 0 Å². The van der Waals surface area contributed by atoms with Crippen LogP contribution in [-0.4, -0.2) is 27.2 Å². The fourth-order valence-corrected chi connectivity index (χ4v) is 5.31. The Labute approximate surface area is 222 Å². The number of fused-ring (bicyclic) bond motifs is 1. The van der Waals surface area contributed by atoms with E-state index in [4.69, 9.17) is 14.7 Å². The van der Waals surface area contributed by atoms with Crippen molar-refractivity contribution in [1.29, 1.82) is 0 Å². The highest BCUT2D eigenvalue weighted by Crippen LogP contribution is 2.34. The summed E-state index contributed by atoms with van der Waals surface area (Å²) in [6.07, 6.45) is 0.702. The van der Waals surface area contributed by atoms with E-state index >= 15 is 0 Å². The van der Waals surface area contributed by atoms with Crippen LogP contribution >= 0.6 is 11.8 Å². The summed E-state index contributed by atoms with van der Waals surface area (Å²) < 4.78 is 6.09. The van der Waals surface area contributed by atoms with Crippen molar-refractivity contribution in [2.24, 2.45) is 0 Å². The van der Waals surface area contributed by atoms with Gasteiger partial charge in [0.05, 0.1) is 29.7 Å². The summed E-state index contributed by atoms with van der Waals surface area (Å²) >= 11 is 1.44. The molecule has 3 aromatic carbocycles. The Balaban J connectivity index is 1.39. The van der Waals surface area contributed by atoms with Gasteiger partial charge in [0.25, 0.3) is 0 Å². The van der Waals surface area contributed by atoms with Crippen molar-refractivity contribution in [1.82, 2.24) is 15.3 Å². The number of nitrogens with zero attached hydrogens (tertiary/aromatic N) is 2. The topological polar surface area (TPSA) is 64.1 Å². The number of hydrogen-bond acceptors (Lipinski definition) is 5. The maximum absolute atomic E-state index is 13.2. The van der Waals surface area contributed by atoms with Crippen molar-refractivity contribution in [3.63, 3.8) is 0 Å². The van der Waals surface area contributed by atoms with Crippen molar-refractivity contribution in [3.05, 3.63) is 113 Å². The molecule has 0 bridgehead atoms. The summed E-state index contributed by atoms with van der Waals surface area (Å²) in [6, 6.07) is 28.1. The average molecular weight is 510 g/mol. The van der Waals surface area contributed by atoms with E-state index in [2.05, 4.69) is 38.2 Å². The number of thioether (sulfide) groups is 1. The van der Waals surface area contributed by atoms with Crippen molar-refractivity contribution in [2.75, 3.05) is 5.75 Å². The van der Waals surface area contributed by atoms with E-state index in [0.29, 0.717) is 18.9 Å². The molecule has 0 saturated carbocycles. The predicted molar refractivity (Wildman–Crippen MR) is 148 cm³/mol. The zero-order valence-electron chi connectivity index (χ0n) is 21.4. The Hall–Kier alpha value is -3.48. The lowest BCUT2D eigenvalue weighted by Crippen LogP contribution is -2.33. The van der Waals surface area contributed by atoms with Crippen molar-refractivity contribution >= 4 is 17.7 Å². The Bertz CT molecular complexity index is 1330. The Morgan fingerprint density at radius 2 is 1.57 bits per heavy atom. The number of ether oxygens (including phenoxy) is 1. The third-order valence-corrected chi connectivity index (χ3v) is 7.49. The summed E-state index contributed by atoms with van der Waals surface area (Å²) in [7, 11) is 0. The van der Waals surface area contributed by atoms with Crippen LogP contribution in [0, 0.1) is 6.92 Å². The predicted octanol–water partition coefficient (Wildman–Crippen LogP) is 6.30. The minimum absolute atomic E-state index is 0.0518. The van der Waals surface area contributed by atoms with Gasteiger partial charge in [-0.05, 0) is 31.9 Å². The molecule has 1 N–H and O–H groups in total. The minimum atomic E-state index is -0.288. The number of aryl methyl sites for hydroxylation is 1. The van der Waals surface area contributed by atoms with Crippen LogP contribution in [0.5, 0.6) is 0 Å². The smallest absolute Gasteiger partial charge is 0.231 e. The third kappa shape index (κ3) is 6.09. The highest BCUT2D eigenvalue weighted by atomic mass is 32.2. The Kier molecular flexibility index (Phi) is 7.40. The van der Waals surface area contributed by atoms with E-state index < -0.39 is 0 Å². The van der Waals surface area contributed by atoms with Gasteiger partial charge >= 0.3 is 0 Å². The van der Waals surface area contributed by atoms with Crippen LogP contribution in [-0.2, 0) is 22.6 Å². The molecule has 0 spiro atoms. The summed E-state index contributed by atoms with van der Waals surface area (Å²) in [5, 5.41) is 4.04. The van der Waals surface area contributed by atoms with Crippen LogP contribution < -0.4 is 5.32 Å². The molecule has 0 atom stereocenters. The van der Waals surface area contributed by atoms with Gasteiger partial charge in [-0.1, -0.05) is 102 Å². The van der Waals surface area contributed by atoms with Gasteiger partial charge in [-0.25, -0.2) is 9.97 Å². The molecule has 0 unspecified atom stereocenters. The number of hydrogen-bond donors (Lipinski definition) is 1. The van der Waals surface area contributed by atoms with E-state index in [0.717, 1.165) is 33.0 Å². The average Bonchev–Trinajstić information content (AvgIpc) is 2.91. The molecule has 0 fully saturated rings. The molecule has 0 saturated heterocycles.